The highest BCUT2D eigenvalue weighted by molar-refractivity contribution is 5.39. The lowest BCUT2D eigenvalue weighted by Gasteiger charge is -2.32. The molecule has 0 aromatic carbocycles. The molecule has 1 aliphatic carbocycles. The van der Waals surface area contributed by atoms with Gasteiger partial charge in [-0.3, -0.25) is 0 Å². The zero-order valence-corrected chi connectivity index (χ0v) is 12.8. The van der Waals surface area contributed by atoms with Crippen molar-refractivity contribution in [2.45, 2.75) is 32.2 Å². The quantitative estimate of drug-likeness (QED) is 0.739. The topological polar surface area (TPSA) is 15.3 Å². The SMILES string of the molecule is C=CCCC(C(=C)NC)N1CC2=CC(C)=CCC2C1=C. The fourth-order valence-electron chi connectivity index (χ4n) is 3.18. The van der Waals surface area contributed by atoms with Gasteiger partial charge in [0.05, 0.1) is 6.04 Å². The lowest BCUT2D eigenvalue weighted by atomic mass is 9.90. The number of allylic oxidation sites excluding steroid dienone is 5. The van der Waals surface area contributed by atoms with Gasteiger partial charge in [-0.2, -0.15) is 0 Å². The summed E-state index contributed by atoms with van der Waals surface area (Å²) in [5, 5.41) is 3.22. The van der Waals surface area contributed by atoms with Gasteiger partial charge in [-0.05, 0) is 31.8 Å². The molecule has 0 amide bonds. The van der Waals surface area contributed by atoms with E-state index in [2.05, 4.69) is 49.0 Å². The molecule has 0 aromatic rings. The van der Waals surface area contributed by atoms with Crippen LogP contribution in [0.15, 0.2) is 60.5 Å². The van der Waals surface area contributed by atoms with Gasteiger partial charge in [0.2, 0.25) is 0 Å². The first-order valence-corrected chi connectivity index (χ1v) is 7.38. The lowest BCUT2D eigenvalue weighted by molar-refractivity contribution is 0.301. The van der Waals surface area contributed by atoms with Crippen LogP contribution in [0, 0.1) is 5.92 Å². The first-order chi connectivity index (χ1) is 9.58. The zero-order valence-electron chi connectivity index (χ0n) is 12.8. The van der Waals surface area contributed by atoms with Crippen molar-refractivity contribution in [2.24, 2.45) is 5.92 Å². The molecule has 1 N–H and O–H groups in total. The second-order valence-electron chi connectivity index (χ2n) is 5.73. The highest BCUT2D eigenvalue weighted by atomic mass is 15.2. The van der Waals surface area contributed by atoms with Crippen LogP contribution in [0.1, 0.15) is 26.2 Å². The van der Waals surface area contributed by atoms with Crippen LogP contribution in [0.5, 0.6) is 0 Å². The predicted molar refractivity (Wildman–Crippen MR) is 87.2 cm³/mol. The molecule has 1 saturated heterocycles. The Labute approximate surface area is 123 Å². The Hall–Kier alpha value is -1.70. The molecule has 0 aromatic heterocycles. The number of likely N-dealkylation sites (tertiary alicyclic amines) is 1. The summed E-state index contributed by atoms with van der Waals surface area (Å²) in [6.45, 7) is 15.5. The summed E-state index contributed by atoms with van der Waals surface area (Å²) in [6, 6.07) is 0.303. The Morgan fingerprint density at radius 2 is 2.35 bits per heavy atom. The third kappa shape index (κ3) is 2.74. The van der Waals surface area contributed by atoms with E-state index in [0.29, 0.717) is 12.0 Å². The van der Waals surface area contributed by atoms with E-state index >= 15 is 0 Å². The second-order valence-corrected chi connectivity index (χ2v) is 5.73. The number of nitrogens with zero attached hydrogens (tertiary/aromatic N) is 1. The van der Waals surface area contributed by atoms with Gasteiger partial charge in [0, 0.05) is 30.9 Å². The normalized spacial score (nSPS) is 22.8. The van der Waals surface area contributed by atoms with E-state index in [0.717, 1.165) is 31.5 Å². The van der Waals surface area contributed by atoms with Gasteiger partial charge in [-0.15, -0.1) is 6.58 Å². The van der Waals surface area contributed by atoms with Gasteiger partial charge >= 0.3 is 0 Å². The minimum absolute atomic E-state index is 0.303. The summed E-state index contributed by atoms with van der Waals surface area (Å²) in [7, 11) is 1.94. The molecule has 1 aliphatic heterocycles. The standard InChI is InChI=1S/C18H26N2/c1-6-7-8-18(14(3)19-5)20-12-16-11-13(2)9-10-17(16)15(20)4/h6,9,11,17-19H,1,3-4,7-8,10,12H2,2,5H3. The van der Waals surface area contributed by atoms with Gasteiger partial charge in [-0.25, -0.2) is 0 Å². The molecule has 1 heterocycles. The van der Waals surface area contributed by atoms with Gasteiger partial charge in [0.25, 0.3) is 0 Å². The second kappa shape index (κ2) is 6.17. The average molecular weight is 270 g/mol. The first-order valence-electron chi connectivity index (χ1n) is 7.38. The zero-order chi connectivity index (χ0) is 14.7. The molecule has 20 heavy (non-hydrogen) atoms. The summed E-state index contributed by atoms with van der Waals surface area (Å²) < 4.78 is 0. The van der Waals surface area contributed by atoms with Crippen molar-refractivity contribution in [1.82, 2.24) is 10.2 Å². The van der Waals surface area contributed by atoms with Crippen LogP contribution in [-0.4, -0.2) is 24.5 Å². The van der Waals surface area contributed by atoms with E-state index in [1.807, 2.05) is 13.1 Å². The Balaban J connectivity index is 2.19. The largest absolute Gasteiger partial charge is 0.390 e. The number of nitrogens with one attached hydrogen (secondary N) is 1. The van der Waals surface area contributed by atoms with Crippen molar-refractivity contribution in [2.75, 3.05) is 13.6 Å². The number of rotatable bonds is 6. The molecule has 2 unspecified atom stereocenters. The van der Waals surface area contributed by atoms with Gasteiger partial charge in [-0.1, -0.05) is 37.0 Å². The number of fused-ring (bicyclic) bond motifs is 1. The molecular weight excluding hydrogens is 244 g/mol. The van der Waals surface area contributed by atoms with E-state index in [-0.39, 0.29) is 0 Å². The fourth-order valence-corrected chi connectivity index (χ4v) is 3.18. The molecule has 0 spiro atoms. The van der Waals surface area contributed by atoms with Crippen LogP contribution in [0.4, 0.5) is 0 Å². The van der Waals surface area contributed by atoms with Gasteiger partial charge in [0.15, 0.2) is 0 Å². The van der Waals surface area contributed by atoms with Gasteiger partial charge in [0.1, 0.15) is 0 Å². The molecule has 1 fully saturated rings. The number of likely N-dealkylation sites (N-methyl/N-ethyl adjacent to an activating group) is 1. The van der Waals surface area contributed by atoms with Gasteiger partial charge < -0.3 is 10.2 Å². The summed E-state index contributed by atoms with van der Waals surface area (Å²) in [4.78, 5) is 2.42. The monoisotopic (exact) mass is 270 g/mol. The summed E-state index contributed by atoms with van der Waals surface area (Å²) in [5.41, 5.74) is 5.19. The van der Waals surface area contributed by atoms with Crippen LogP contribution < -0.4 is 5.32 Å². The third-order valence-electron chi connectivity index (χ3n) is 4.40. The maximum atomic E-state index is 4.35. The van der Waals surface area contributed by atoms with Crippen molar-refractivity contribution in [3.63, 3.8) is 0 Å². The summed E-state index contributed by atoms with van der Waals surface area (Å²) in [6.07, 6.45) is 9.74. The predicted octanol–water partition coefficient (Wildman–Crippen LogP) is 3.78. The average Bonchev–Trinajstić information content (AvgIpc) is 2.75. The molecule has 108 valence electrons. The highest BCUT2D eigenvalue weighted by Crippen LogP contribution is 2.40. The molecule has 2 aliphatic rings. The lowest BCUT2D eigenvalue weighted by Crippen LogP contribution is -2.37. The van der Waals surface area contributed by atoms with E-state index in [9.17, 15) is 0 Å². The maximum Gasteiger partial charge on any atom is 0.0685 e. The molecule has 2 nitrogen and oxygen atoms in total. The van der Waals surface area contributed by atoms with E-state index in [1.54, 1.807) is 0 Å². The van der Waals surface area contributed by atoms with Crippen LogP contribution in [0.25, 0.3) is 0 Å². The smallest absolute Gasteiger partial charge is 0.0685 e. The Kier molecular flexibility index (Phi) is 4.53. The molecular formula is C18H26N2. The summed E-state index contributed by atoms with van der Waals surface area (Å²) in [5.74, 6) is 0.495. The number of hydrogen-bond donors (Lipinski definition) is 1. The van der Waals surface area contributed by atoms with E-state index in [4.69, 9.17) is 0 Å². The van der Waals surface area contributed by atoms with Crippen LogP contribution in [-0.2, 0) is 0 Å². The first kappa shape index (κ1) is 14.7. The molecule has 0 bridgehead atoms. The molecule has 2 atom stereocenters. The van der Waals surface area contributed by atoms with Crippen molar-refractivity contribution < 1.29 is 0 Å². The Bertz CT molecular complexity index is 482. The Morgan fingerprint density at radius 3 is 3.00 bits per heavy atom. The fraction of sp³-hybridized carbons (Fsp3) is 0.444. The van der Waals surface area contributed by atoms with Crippen molar-refractivity contribution >= 4 is 0 Å². The minimum Gasteiger partial charge on any atom is -0.390 e. The van der Waals surface area contributed by atoms with E-state index in [1.165, 1.54) is 16.8 Å². The molecule has 0 saturated carbocycles. The maximum absolute atomic E-state index is 4.35. The molecule has 0 radical (unpaired) electrons. The van der Waals surface area contributed by atoms with Crippen LogP contribution in [0.2, 0.25) is 0 Å². The van der Waals surface area contributed by atoms with Crippen LogP contribution in [0.3, 0.4) is 0 Å². The van der Waals surface area contributed by atoms with Crippen LogP contribution >= 0.6 is 0 Å². The Morgan fingerprint density at radius 1 is 1.60 bits per heavy atom. The van der Waals surface area contributed by atoms with Crippen molar-refractivity contribution in [1.29, 1.82) is 0 Å². The summed E-state index contributed by atoms with van der Waals surface area (Å²) >= 11 is 0. The third-order valence-corrected chi connectivity index (χ3v) is 4.40. The number of hydrogen-bond acceptors (Lipinski definition) is 2. The minimum atomic E-state index is 0.303. The molecule has 2 rings (SSSR count). The van der Waals surface area contributed by atoms with E-state index < -0.39 is 0 Å². The van der Waals surface area contributed by atoms with Crippen molar-refractivity contribution in [3.05, 3.63) is 60.5 Å². The molecule has 2 heteroatoms. The highest BCUT2D eigenvalue weighted by Gasteiger charge is 2.35. The van der Waals surface area contributed by atoms with Crippen molar-refractivity contribution in [3.8, 4) is 0 Å².